The van der Waals surface area contributed by atoms with Crippen LogP contribution in [0.2, 0.25) is 0 Å². The van der Waals surface area contributed by atoms with Crippen molar-refractivity contribution in [2.45, 2.75) is 6.92 Å². The number of rotatable bonds is 5. The molecule has 0 aliphatic rings. The van der Waals surface area contributed by atoms with Crippen LogP contribution in [0.15, 0.2) is 54.6 Å². The van der Waals surface area contributed by atoms with Gasteiger partial charge in [-0.3, -0.25) is 10.1 Å². The van der Waals surface area contributed by atoms with Crippen LogP contribution in [0, 0.1) is 0 Å². The minimum Gasteiger partial charge on any atom is -0.494 e. The molecular formula is C20H19N3O4. The Labute approximate surface area is 156 Å². The summed E-state index contributed by atoms with van der Waals surface area (Å²) in [4.78, 5) is 28.4. The summed E-state index contributed by atoms with van der Waals surface area (Å²) in [5.41, 5.74) is 2.01. The molecule has 0 atom stereocenters. The van der Waals surface area contributed by atoms with Crippen molar-refractivity contribution in [2.24, 2.45) is 0 Å². The number of carbonyl (C=O) groups excluding carboxylic acids is 2. The Morgan fingerprint density at radius 3 is 2.63 bits per heavy atom. The van der Waals surface area contributed by atoms with Gasteiger partial charge in [0.25, 0.3) is 5.91 Å². The van der Waals surface area contributed by atoms with E-state index in [0.29, 0.717) is 22.8 Å². The number of hydrogen-bond donors (Lipinski definition) is 2. The summed E-state index contributed by atoms with van der Waals surface area (Å²) in [5, 5.41) is 6.32. The van der Waals surface area contributed by atoms with Crippen molar-refractivity contribution >= 4 is 34.3 Å². The Balaban J connectivity index is 1.77. The third-order valence-electron chi connectivity index (χ3n) is 3.80. The van der Waals surface area contributed by atoms with Crippen molar-refractivity contribution in [3.05, 3.63) is 60.3 Å². The average Bonchev–Trinajstić information content (AvgIpc) is 2.68. The van der Waals surface area contributed by atoms with Gasteiger partial charge in [-0.05, 0) is 31.2 Å². The van der Waals surface area contributed by atoms with E-state index in [1.807, 2.05) is 30.3 Å². The summed E-state index contributed by atoms with van der Waals surface area (Å²) in [6.45, 7) is 1.98. The van der Waals surface area contributed by atoms with Gasteiger partial charge in [-0.1, -0.05) is 24.3 Å². The van der Waals surface area contributed by atoms with Crippen molar-refractivity contribution in [1.29, 1.82) is 0 Å². The quantitative estimate of drug-likeness (QED) is 0.711. The van der Waals surface area contributed by atoms with Gasteiger partial charge in [0, 0.05) is 17.1 Å². The van der Waals surface area contributed by atoms with E-state index in [2.05, 4.69) is 15.6 Å². The monoisotopic (exact) mass is 365 g/mol. The molecule has 7 nitrogen and oxygen atoms in total. The van der Waals surface area contributed by atoms with E-state index >= 15 is 0 Å². The van der Waals surface area contributed by atoms with E-state index < -0.39 is 6.09 Å². The molecule has 0 saturated carbocycles. The molecule has 1 heterocycles. The fourth-order valence-electron chi connectivity index (χ4n) is 2.54. The number of amides is 2. The van der Waals surface area contributed by atoms with Crippen molar-refractivity contribution < 1.29 is 19.1 Å². The molecule has 0 unspecified atom stereocenters. The smallest absolute Gasteiger partial charge is 0.411 e. The Morgan fingerprint density at radius 1 is 1.04 bits per heavy atom. The number of methoxy groups -OCH3 is 1. The van der Waals surface area contributed by atoms with Gasteiger partial charge in [0.15, 0.2) is 0 Å². The lowest BCUT2D eigenvalue weighted by atomic mass is 10.2. The zero-order valence-corrected chi connectivity index (χ0v) is 15.0. The molecule has 2 amide bonds. The molecule has 0 aliphatic heterocycles. The molecule has 7 heteroatoms. The first-order chi connectivity index (χ1) is 13.1. The Hall–Kier alpha value is -3.61. The highest BCUT2D eigenvalue weighted by Gasteiger charge is 2.12. The van der Waals surface area contributed by atoms with Crippen molar-refractivity contribution in [2.75, 3.05) is 24.4 Å². The SMILES string of the molecule is CCOC(=O)Nc1ccc(NC(=O)c2ccc3ccccc3n2)cc1OC. The lowest BCUT2D eigenvalue weighted by Gasteiger charge is -2.12. The maximum atomic E-state index is 12.5. The highest BCUT2D eigenvalue weighted by Crippen LogP contribution is 2.28. The average molecular weight is 365 g/mol. The number of anilines is 2. The molecule has 2 N–H and O–H groups in total. The van der Waals surface area contributed by atoms with Crippen LogP contribution in [0.3, 0.4) is 0 Å². The molecule has 3 aromatic rings. The largest absolute Gasteiger partial charge is 0.494 e. The van der Waals surface area contributed by atoms with E-state index in [0.717, 1.165) is 10.9 Å². The maximum Gasteiger partial charge on any atom is 0.411 e. The van der Waals surface area contributed by atoms with E-state index in [1.54, 1.807) is 31.2 Å². The van der Waals surface area contributed by atoms with Crippen molar-refractivity contribution in [1.82, 2.24) is 4.98 Å². The second-order valence-corrected chi connectivity index (χ2v) is 5.60. The van der Waals surface area contributed by atoms with E-state index in [-0.39, 0.29) is 12.5 Å². The molecular weight excluding hydrogens is 346 g/mol. The van der Waals surface area contributed by atoms with E-state index in [1.165, 1.54) is 7.11 Å². The number of fused-ring (bicyclic) bond motifs is 1. The van der Waals surface area contributed by atoms with Gasteiger partial charge in [0.2, 0.25) is 0 Å². The highest BCUT2D eigenvalue weighted by molar-refractivity contribution is 6.04. The highest BCUT2D eigenvalue weighted by atomic mass is 16.5. The minimum atomic E-state index is -0.576. The molecule has 27 heavy (non-hydrogen) atoms. The Morgan fingerprint density at radius 2 is 1.85 bits per heavy atom. The summed E-state index contributed by atoms with van der Waals surface area (Å²) in [6, 6.07) is 16.0. The molecule has 0 spiro atoms. The van der Waals surface area contributed by atoms with Crippen molar-refractivity contribution in [3.8, 4) is 5.75 Å². The van der Waals surface area contributed by atoms with E-state index in [9.17, 15) is 9.59 Å². The van der Waals surface area contributed by atoms with Crippen LogP contribution < -0.4 is 15.4 Å². The lowest BCUT2D eigenvalue weighted by molar-refractivity contribution is 0.102. The fraction of sp³-hybridized carbons (Fsp3) is 0.150. The van der Waals surface area contributed by atoms with Gasteiger partial charge in [0.1, 0.15) is 11.4 Å². The standard InChI is InChI=1S/C20H19N3O4/c1-3-27-20(25)23-16-11-9-14(12-18(16)26-2)21-19(24)17-10-8-13-6-4-5-7-15(13)22-17/h4-12H,3H2,1-2H3,(H,21,24)(H,23,25). The summed E-state index contributed by atoms with van der Waals surface area (Å²) >= 11 is 0. The zero-order valence-electron chi connectivity index (χ0n) is 15.0. The number of benzene rings is 2. The molecule has 0 bridgehead atoms. The molecule has 0 radical (unpaired) electrons. The predicted molar refractivity (Wildman–Crippen MR) is 103 cm³/mol. The van der Waals surface area contributed by atoms with Gasteiger partial charge >= 0.3 is 6.09 Å². The number of aromatic nitrogens is 1. The number of para-hydroxylation sites is 1. The number of nitrogens with one attached hydrogen (secondary N) is 2. The fourth-order valence-corrected chi connectivity index (χ4v) is 2.54. The van der Waals surface area contributed by atoms with Crippen LogP contribution in [-0.2, 0) is 4.74 Å². The topological polar surface area (TPSA) is 89.6 Å². The van der Waals surface area contributed by atoms with Gasteiger partial charge in [-0.15, -0.1) is 0 Å². The second kappa shape index (κ2) is 8.18. The van der Waals surface area contributed by atoms with Crippen LogP contribution >= 0.6 is 0 Å². The third kappa shape index (κ3) is 4.33. The molecule has 138 valence electrons. The van der Waals surface area contributed by atoms with Crippen LogP contribution in [0.5, 0.6) is 5.75 Å². The summed E-state index contributed by atoms with van der Waals surface area (Å²) in [7, 11) is 1.47. The number of nitrogens with zero attached hydrogens (tertiary/aromatic N) is 1. The lowest BCUT2D eigenvalue weighted by Crippen LogP contribution is -2.15. The Kier molecular flexibility index (Phi) is 5.51. The Bertz CT molecular complexity index is 988. The van der Waals surface area contributed by atoms with Gasteiger partial charge < -0.3 is 14.8 Å². The van der Waals surface area contributed by atoms with Gasteiger partial charge in [-0.2, -0.15) is 0 Å². The maximum absolute atomic E-state index is 12.5. The van der Waals surface area contributed by atoms with Crippen LogP contribution in [-0.4, -0.2) is 30.7 Å². The first-order valence-electron chi connectivity index (χ1n) is 8.39. The summed E-state index contributed by atoms with van der Waals surface area (Å²) < 4.78 is 10.1. The first-order valence-corrected chi connectivity index (χ1v) is 8.39. The first kappa shape index (κ1) is 18.2. The van der Waals surface area contributed by atoms with Gasteiger partial charge in [0.05, 0.1) is 24.9 Å². The number of ether oxygens (including phenoxy) is 2. The molecule has 2 aromatic carbocycles. The van der Waals surface area contributed by atoms with E-state index in [4.69, 9.17) is 9.47 Å². The normalized spacial score (nSPS) is 10.3. The summed E-state index contributed by atoms with van der Waals surface area (Å²) in [5.74, 6) is 0.0567. The zero-order chi connectivity index (χ0) is 19.2. The molecule has 0 fully saturated rings. The van der Waals surface area contributed by atoms with Crippen molar-refractivity contribution in [3.63, 3.8) is 0 Å². The van der Waals surface area contributed by atoms with Crippen LogP contribution in [0.4, 0.5) is 16.2 Å². The number of carbonyl (C=O) groups is 2. The molecule has 0 aliphatic carbocycles. The third-order valence-corrected chi connectivity index (χ3v) is 3.80. The predicted octanol–water partition coefficient (Wildman–Crippen LogP) is 4.06. The molecule has 3 rings (SSSR count). The summed E-state index contributed by atoms with van der Waals surface area (Å²) in [6.07, 6.45) is -0.576. The van der Waals surface area contributed by atoms with Gasteiger partial charge in [-0.25, -0.2) is 9.78 Å². The van der Waals surface area contributed by atoms with Crippen LogP contribution in [0.1, 0.15) is 17.4 Å². The molecule has 0 saturated heterocycles. The second-order valence-electron chi connectivity index (χ2n) is 5.60. The number of hydrogen-bond acceptors (Lipinski definition) is 5. The molecule has 1 aromatic heterocycles. The number of pyridine rings is 1. The van der Waals surface area contributed by atoms with Crippen LogP contribution in [0.25, 0.3) is 10.9 Å². The minimum absolute atomic E-state index is 0.265.